The number of piperazine rings is 1. The second kappa shape index (κ2) is 6.23. The largest absolute Gasteiger partial charge is 0.368 e. The number of hydrogen-bond donors (Lipinski definition) is 0. The molecule has 18 heavy (non-hydrogen) atoms. The van der Waals surface area contributed by atoms with Crippen molar-refractivity contribution in [3.8, 4) is 0 Å². The van der Waals surface area contributed by atoms with Crippen molar-refractivity contribution in [2.75, 3.05) is 31.1 Å². The minimum atomic E-state index is 0.299. The predicted octanol–water partition coefficient (Wildman–Crippen LogP) is 2.90. The van der Waals surface area contributed by atoms with E-state index < -0.39 is 0 Å². The standard InChI is InChI=1S/C14H19BrN2O/c1-2-3-14(18)17-10-8-16(9-11-17)13-6-4-12(15)5-7-13/h4-7H,2-3,8-11H2,1H3. The average molecular weight is 311 g/mol. The SMILES string of the molecule is CCCC(=O)N1CCN(c2ccc(Br)cc2)CC1. The van der Waals surface area contributed by atoms with E-state index in [1.165, 1.54) is 5.69 Å². The third kappa shape index (κ3) is 3.25. The molecule has 3 nitrogen and oxygen atoms in total. The molecule has 1 heterocycles. The van der Waals surface area contributed by atoms with Crippen molar-refractivity contribution < 1.29 is 4.79 Å². The van der Waals surface area contributed by atoms with Gasteiger partial charge in [0.1, 0.15) is 0 Å². The molecule has 0 spiro atoms. The maximum atomic E-state index is 11.8. The summed E-state index contributed by atoms with van der Waals surface area (Å²) in [5.74, 6) is 0.299. The average Bonchev–Trinajstić information content (AvgIpc) is 2.40. The lowest BCUT2D eigenvalue weighted by Crippen LogP contribution is -2.48. The second-order valence-electron chi connectivity index (χ2n) is 4.59. The summed E-state index contributed by atoms with van der Waals surface area (Å²) in [4.78, 5) is 16.1. The zero-order valence-electron chi connectivity index (χ0n) is 10.7. The van der Waals surface area contributed by atoms with Crippen LogP contribution in [0.2, 0.25) is 0 Å². The Labute approximate surface area is 117 Å². The minimum Gasteiger partial charge on any atom is -0.368 e. The van der Waals surface area contributed by atoms with E-state index in [4.69, 9.17) is 0 Å². The van der Waals surface area contributed by atoms with Crippen molar-refractivity contribution in [1.29, 1.82) is 0 Å². The van der Waals surface area contributed by atoms with Crippen LogP contribution in [0, 0.1) is 0 Å². The molecular weight excluding hydrogens is 292 g/mol. The van der Waals surface area contributed by atoms with Crippen LogP contribution < -0.4 is 4.90 Å². The second-order valence-corrected chi connectivity index (χ2v) is 5.51. The van der Waals surface area contributed by atoms with Crippen molar-refractivity contribution in [1.82, 2.24) is 4.90 Å². The molecule has 0 bridgehead atoms. The Morgan fingerprint density at radius 3 is 2.33 bits per heavy atom. The molecule has 0 aromatic heterocycles. The fourth-order valence-corrected chi connectivity index (χ4v) is 2.50. The molecule has 1 aromatic rings. The molecular formula is C14H19BrN2O. The Morgan fingerprint density at radius 2 is 1.78 bits per heavy atom. The summed E-state index contributed by atoms with van der Waals surface area (Å²) in [7, 11) is 0. The van der Waals surface area contributed by atoms with Crippen LogP contribution in [-0.4, -0.2) is 37.0 Å². The Morgan fingerprint density at radius 1 is 1.17 bits per heavy atom. The smallest absolute Gasteiger partial charge is 0.222 e. The van der Waals surface area contributed by atoms with Gasteiger partial charge in [0.25, 0.3) is 0 Å². The first kappa shape index (κ1) is 13.4. The van der Waals surface area contributed by atoms with E-state index in [1.54, 1.807) is 0 Å². The van der Waals surface area contributed by atoms with E-state index in [2.05, 4.69) is 52.0 Å². The van der Waals surface area contributed by atoms with Crippen molar-refractivity contribution in [3.63, 3.8) is 0 Å². The number of anilines is 1. The van der Waals surface area contributed by atoms with E-state index in [1.807, 2.05) is 4.90 Å². The number of halogens is 1. The van der Waals surface area contributed by atoms with E-state index in [0.717, 1.165) is 37.1 Å². The van der Waals surface area contributed by atoms with Gasteiger partial charge in [-0.3, -0.25) is 4.79 Å². The molecule has 1 fully saturated rings. The van der Waals surface area contributed by atoms with Gasteiger partial charge in [0.05, 0.1) is 0 Å². The Balaban J connectivity index is 1.90. The van der Waals surface area contributed by atoms with Crippen LogP contribution >= 0.6 is 15.9 Å². The molecule has 1 aliphatic rings. The summed E-state index contributed by atoms with van der Waals surface area (Å²) in [6.45, 7) is 5.59. The topological polar surface area (TPSA) is 23.6 Å². The highest BCUT2D eigenvalue weighted by atomic mass is 79.9. The number of nitrogens with zero attached hydrogens (tertiary/aromatic N) is 2. The molecule has 2 rings (SSSR count). The molecule has 0 atom stereocenters. The van der Waals surface area contributed by atoms with Crippen LogP contribution in [0.3, 0.4) is 0 Å². The Hall–Kier alpha value is -1.03. The lowest BCUT2D eigenvalue weighted by Gasteiger charge is -2.36. The number of carbonyl (C=O) groups is 1. The van der Waals surface area contributed by atoms with E-state index >= 15 is 0 Å². The highest BCUT2D eigenvalue weighted by Crippen LogP contribution is 2.19. The molecule has 98 valence electrons. The van der Waals surface area contributed by atoms with E-state index in [0.29, 0.717) is 12.3 Å². The predicted molar refractivity (Wildman–Crippen MR) is 77.8 cm³/mol. The van der Waals surface area contributed by atoms with Crippen LogP contribution in [0.5, 0.6) is 0 Å². The maximum absolute atomic E-state index is 11.8. The van der Waals surface area contributed by atoms with Crippen LogP contribution in [0.1, 0.15) is 19.8 Å². The molecule has 1 aliphatic heterocycles. The molecule has 0 saturated carbocycles. The van der Waals surface area contributed by atoms with Gasteiger partial charge in [-0.2, -0.15) is 0 Å². The van der Waals surface area contributed by atoms with Gasteiger partial charge >= 0.3 is 0 Å². The van der Waals surface area contributed by atoms with Gasteiger partial charge in [0.15, 0.2) is 0 Å². The number of hydrogen-bond acceptors (Lipinski definition) is 2. The molecule has 1 aromatic carbocycles. The van der Waals surface area contributed by atoms with Crippen molar-refractivity contribution in [2.45, 2.75) is 19.8 Å². The molecule has 0 radical (unpaired) electrons. The van der Waals surface area contributed by atoms with Crippen LogP contribution in [0.25, 0.3) is 0 Å². The van der Waals surface area contributed by atoms with Crippen molar-refractivity contribution in [2.24, 2.45) is 0 Å². The minimum absolute atomic E-state index is 0.299. The summed E-state index contributed by atoms with van der Waals surface area (Å²) in [6.07, 6.45) is 1.62. The third-order valence-electron chi connectivity index (χ3n) is 3.29. The van der Waals surface area contributed by atoms with Crippen LogP contribution in [-0.2, 0) is 4.79 Å². The van der Waals surface area contributed by atoms with Crippen molar-refractivity contribution >= 4 is 27.5 Å². The zero-order chi connectivity index (χ0) is 13.0. The van der Waals surface area contributed by atoms with Crippen LogP contribution in [0.15, 0.2) is 28.7 Å². The number of rotatable bonds is 3. The number of benzene rings is 1. The number of carbonyl (C=O) groups excluding carboxylic acids is 1. The van der Waals surface area contributed by atoms with E-state index in [-0.39, 0.29) is 0 Å². The van der Waals surface area contributed by atoms with Crippen LogP contribution in [0.4, 0.5) is 5.69 Å². The van der Waals surface area contributed by atoms with Gasteiger partial charge in [0.2, 0.25) is 5.91 Å². The lowest BCUT2D eigenvalue weighted by atomic mass is 10.2. The summed E-state index contributed by atoms with van der Waals surface area (Å²) in [6, 6.07) is 8.36. The van der Waals surface area contributed by atoms with Gasteiger partial charge in [0, 0.05) is 42.8 Å². The van der Waals surface area contributed by atoms with Gasteiger partial charge < -0.3 is 9.80 Å². The molecule has 1 saturated heterocycles. The van der Waals surface area contributed by atoms with E-state index in [9.17, 15) is 4.79 Å². The fraction of sp³-hybridized carbons (Fsp3) is 0.500. The van der Waals surface area contributed by atoms with Gasteiger partial charge in [-0.25, -0.2) is 0 Å². The van der Waals surface area contributed by atoms with Gasteiger partial charge in [-0.15, -0.1) is 0 Å². The summed E-state index contributed by atoms with van der Waals surface area (Å²) in [5.41, 5.74) is 1.24. The van der Waals surface area contributed by atoms with Gasteiger partial charge in [-0.05, 0) is 30.7 Å². The first-order valence-electron chi connectivity index (χ1n) is 6.49. The first-order chi connectivity index (χ1) is 8.70. The first-order valence-corrected chi connectivity index (χ1v) is 7.28. The molecule has 4 heteroatoms. The monoisotopic (exact) mass is 310 g/mol. The summed E-state index contributed by atoms with van der Waals surface area (Å²) in [5, 5.41) is 0. The Bertz CT molecular complexity index is 397. The summed E-state index contributed by atoms with van der Waals surface area (Å²) >= 11 is 3.44. The molecule has 0 unspecified atom stereocenters. The molecule has 0 aliphatic carbocycles. The Kier molecular flexibility index (Phi) is 4.64. The highest BCUT2D eigenvalue weighted by molar-refractivity contribution is 9.10. The highest BCUT2D eigenvalue weighted by Gasteiger charge is 2.20. The number of amides is 1. The van der Waals surface area contributed by atoms with Crippen molar-refractivity contribution in [3.05, 3.63) is 28.7 Å². The van der Waals surface area contributed by atoms with Gasteiger partial charge in [-0.1, -0.05) is 22.9 Å². The summed E-state index contributed by atoms with van der Waals surface area (Å²) < 4.78 is 1.10. The normalized spacial score (nSPS) is 15.9. The fourth-order valence-electron chi connectivity index (χ4n) is 2.24. The zero-order valence-corrected chi connectivity index (χ0v) is 12.3. The lowest BCUT2D eigenvalue weighted by molar-refractivity contribution is -0.131. The third-order valence-corrected chi connectivity index (χ3v) is 3.82. The molecule has 0 N–H and O–H groups in total. The quantitative estimate of drug-likeness (QED) is 0.857. The molecule has 1 amide bonds. The maximum Gasteiger partial charge on any atom is 0.222 e.